The Balaban J connectivity index is 1.85. The highest BCUT2D eigenvalue weighted by atomic mass is 15.3. The van der Waals surface area contributed by atoms with Crippen LogP contribution < -0.4 is 5.32 Å². The van der Waals surface area contributed by atoms with Gasteiger partial charge in [0.1, 0.15) is 0 Å². The van der Waals surface area contributed by atoms with Crippen LogP contribution in [0.25, 0.3) is 0 Å². The van der Waals surface area contributed by atoms with Crippen LogP contribution in [-0.4, -0.2) is 40.4 Å². The fourth-order valence-electron chi connectivity index (χ4n) is 2.58. The summed E-state index contributed by atoms with van der Waals surface area (Å²) < 4.78 is 1.88. The lowest BCUT2D eigenvalue weighted by molar-refractivity contribution is 0.179. The molecule has 1 unspecified atom stereocenters. The summed E-state index contributed by atoms with van der Waals surface area (Å²) in [4.78, 5) is 2.53. The second-order valence-corrected chi connectivity index (χ2v) is 5.54. The Bertz CT molecular complexity index is 345. The minimum Gasteiger partial charge on any atom is -0.311 e. The molecule has 1 aliphatic rings. The molecule has 0 spiro atoms. The molecule has 4 heteroatoms. The van der Waals surface area contributed by atoms with E-state index in [1.165, 1.54) is 12.0 Å². The summed E-state index contributed by atoms with van der Waals surface area (Å²) in [5, 5.41) is 7.83. The van der Waals surface area contributed by atoms with Crippen molar-refractivity contribution in [1.82, 2.24) is 20.0 Å². The largest absolute Gasteiger partial charge is 0.311 e. The monoisotopic (exact) mass is 236 g/mol. The summed E-state index contributed by atoms with van der Waals surface area (Å²) in [7, 11) is 1.98. The van der Waals surface area contributed by atoms with Crippen molar-refractivity contribution >= 4 is 0 Å². The Morgan fingerprint density at radius 1 is 1.53 bits per heavy atom. The van der Waals surface area contributed by atoms with Crippen molar-refractivity contribution in [3.05, 3.63) is 18.0 Å². The lowest BCUT2D eigenvalue weighted by Crippen LogP contribution is -2.50. The zero-order chi connectivity index (χ0) is 12.3. The minimum absolute atomic E-state index is 0.653. The number of aryl methyl sites for hydroxylation is 1. The number of aromatic nitrogens is 2. The van der Waals surface area contributed by atoms with E-state index < -0.39 is 0 Å². The molecule has 1 saturated heterocycles. The number of piperazine rings is 1. The Morgan fingerprint density at radius 2 is 2.35 bits per heavy atom. The molecule has 0 aromatic carbocycles. The molecule has 1 aromatic rings. The van der Waals surface area contributed by atoms with Gasteiger partial charge in [-0.25, -0.2) is 0 Å². The Hall–Kier alpha value is -0.870. The Labute approximate surface area is 104 Å². The highest BCUT2D eigenvalue weighted by molar-refractivity contribution is 5.03. The van der Waals surface area contributed by atoms with E-state index >= 15 is 0 Å². The molecule has 2 heterocycles. The summed E-state index contributed by atoms with van der Waals surface area (Å²) in [6.07, 6.45) is 5.35. The third-order valence-electron chi connectivity index (χ3n) is 3.26. The van der Waals surface area contributed by atoms with E-state index in [2.05, 4.69) is 35.4 Å². The van der Waals surface area contributed by atoms with Gasteiger partial charge in [0.2, 0.25) is 0 Å². The maximum atomic E-state index is 4.22. The lowest BCUT2D eigenvalue weighted by atomic mass is 10.0. The van der Waals surface area contributed by atoms with Crippen molar-refractivity contribution in [3.8, 4) is 0 Å². The molecular formula is C13H24N4. The van der Waals surface area contributed by atoms with Gasteiger partial charge in [-0.1, -0.05) is 13.8 Å². The van der Waals surface area contributed by atoms with Gasteiger partial charge < -0.3 is 5.32 Å². The van der Waals surface area contributed by atoms with Crippen LogP contribution in [0.2, 0.25) is 0 Å². The van der Waals surface area contributed by atoms with Crippen LogP contribution in [0.5, 0.6) is 0 Å². The second kappa shape index (κ2) is 5.65. The normalized spacial score (nSPS) is 22.2. The van der Waals surface area contributed by atoms with Gasteiger partial charge in [0, 0.05) is 51.0 Å². The van der Waals surface area contributed by atoms with E-state index in [0.29, 0.717) is 6.04 Å². The summed E-state index contributed by atoms with van der Waals surface area (Å²) in [5.74, 6) is 0.769. The first kappa shape index (κ1) is 12.6. The second-order valence-electron chi connectivity index (χ2n) is 5.54. The first-order chi connectivity index (χ1) is 8.13. The quantitative estimate of drug-likeness (QED) is 0.854. The van der Waals surface area contributed by atoms with E-state index in [1.807, 2.05) is 17.9 Å². The van der Waals surface area contributed by atoms with Crippen molar-refractivity contribution in [2.75, 3.05) is 19.6 Å². The molecule has 1 aromatic heterocycles. The molecule has 96 valence electrons. The van der Waals surface area contributed by atoms with Gasteiger partial charge in [0.25, 0.3) is 0 Å². The standard InChI is InChI=1S/C13H24N4/c1-11(2)6-13-10-17(5-4-14-13)9-12-7-15-16(3)8-12/h7-8,11,13-14H,4-6,9-10H2,1-3H3. The maximum absolute atomic E-state index is 4.22. The summed E-state index contributed by atoms with van der Waals surface area (Å²) in [6.45, 7) is 9.03. The molecule has 0 aliphatic carbocycles. The molecule has 4 nitrogen and oxygen atoms in total. The van der Waals surface area contributed by atoms with Crippen LogP contribution in [-0.2, 0) is 13.6 Å². The van der Waals surface area contributed by atoms with Crippen LogP contribution in [0.1, 0.15) is 25.8 Å². The van der Waals surface area contributed by atoms with Crippen LogP contribution >= 0.6 is 0 Å². The molecule has 1 atom stereocenters. The minimum atomic E-state index is 0.653. The van der Waals surface area contributed by atoms with Gasteiger partial charge in [0.15, 0.2) is 0 Å². The van der Waals surface area contributed by atoms with Crippen molar-refractivity contribution in [2.45, 2.75) is 32.9 Å². The molecule has 1 aliphatic heterocycles. The molecular weight excluding hydrogens is 212 g/mol. The molecule has 2 rings (SSSR count). The molecule has 0 radical (unpaired) electrons. The van der Waals surface area contributed by atoms with E-state index in [-0.39, 0.29) is 0 Å². The predicted octanol–water partition coefficient (Wildman–Crippen LogP) is 1.24. The Morgan fingerprint density at radius 3 is 3.00 bits per heavy atom. The topological polar surface area (TPSA) is 33.1 Å². The van der Waals surface area contributed by atoms with Gasteiger partial charge in [0.05, 0.1) is 6.20 Å². The third kappa shape index (κ3) is 3.82. The zero-order valence-electron chi connectivity index (χ0n) is 11.2. The van der Waals surface area contributed by atoms with E-state index in [4.69, 9.17) is 0 Å². The number of hydrogen-bond acceptors (Lipinski definition) is 3. The summed E-state index contributed by atoms with van der Waals surface area (Å²) in [5.41, 5.74) is 1.32. The van der Waals surface area contributed by atoms with Gasteiger partial charge in [-0.05, 0) is 12.3 Å². The summed E-state index contributed by atoms with van der Waals surface area (Å²) >= 11 is 0. The van der Waals surface area contributed by atoms with Crippen LogP contribution in [0.15, 0.2) is 12.4 Å². The maximum Gasteiger partial charge on any atom is 0.0534 e. The van der Waals surface area contributed by atoms with Crippen molar-refractivity contribution in [3.63, 3.8) is 0 Å². The number of nitrogens with zero attached hydrogens (tertiary/aromatic N) is 3. The SMILES string of the molecule is CC(C)CC1CN(Cc2cnn(C)c2)CCN1. The van der Waals surface area contributed by atoms with E-state index in [0.717, 1.165) is 32.1 Å². The first-order valence-electron chi connectivity index (χ1n) is 6.56. The molecule has 1 fully saturated rings. The highest BCUT2D eigenvalue weighted by Gasteiger charge is 2.20. The van der Waals surface area contributed by atoms with Crippen molar-refractivity contribution in [2.24, 2.45) is 13.0 Å². The van der Waals surface area contributed by atoms with E-state index in [9.17, 15) is 0 Å². The molecule has 17 heavy (non-hydrogen) atoms. The molecule has 1 N–H and O–H groups in total. The fourth-order valence-corrected chi connectivity index (χ4v) is 2.58. The smallest absolute Gasteiger partial charge is 0.0534 e. The van der Waals surface area contributed by atoms with E-state index in [1.54, 1.807) is 0 Å². The average Bonchev–Trinajstić information content (AvgIpc) is 2.63. The Kier molecular flexibility index (Phi) is 4.18. The fraction of sp³-hybridized carbons (Fsp3) is 0.769. The number of nitrogens with one attached hydrogen (secondary N) is 1. The molecule has 0 amide bonds. The number of rotatable bonds is 4. The third-order valence-corrected chi connectivity index (χ3v) is 3.26. The lowest BCUT2D eigenvalue weighted by Gasteiger charge is -2.34. The van der Waals surface area contributed by atoms with Gasteiger partial charge in [-0.2, -0.15) is 5.10 Å². The van der Waals surface area contributed by atoms with Crippen molar-refractivity contribution < 1.29 is 0 Å². The van der Waals surface area contributed by atoms with Crippen LogP contribution in [0.3, 0.4) is 0 Å². The van der Waals surface area contributed by atoms with Crippen LogP contribution in [0.4, 0.5) is 0 Å². The summed E-state index contributed by atoms with van der Waals surface area (Å²) in [6, 6.07) is 0.653. The molecule has 0 bridgehead atoms. The highest BCUT2D eigenvalue weighted by Crippen LogP contribution is 2.12. The van der Waals surface area contributed by atoms with Gasteiger partial charge in [-0.3, -0.25) is 9.58 Å². The first-order valence-corrected chi connectivity index (χ1v) is 6.56. The van der Waals surface area contributed by atoms with Crippen LogP contribution in [0, 0.1) is 5.92 Å². The van der Waals surface area contributed by atoms with Crippen molar-refractivity contribution in [1.29, 1.82) is 0 Å². The van der Waals surface area contributed by atoms with Gasteiger partial charge >= 0.3 is 0 Å². The predicted molar refractivity (Wildman–Crippen MR) is 69.7 cm³/mol. The zero-order valence-corrected chi connectivity index (χ0v) is 11.2. The average molecular weight is 236 g/mol. The van der Waals surface area contributed by atoms with Gasteiger partial charge in [-0.15, -0.1) is 0 Å². The molecule has 0 saturated carbocycles. The number of hydrogen-bond donors (Lipinski definition) is 1.